The quantitative estimate of drug-likeness (QED) is 0.653. The van der Waals surface area contributed by atoms with Gasteiger partial charge in [-0.05, 0) is 36.2 Å². The van der Waals surface area contributed by atoms with Gasteiger partial charge in [0, 0.05) is 10.9 Å². The number of nitrogens with two attached hydrogens (primary N) is 1. The van der Waals surface area contributed by atoms with Gasteiger partial charge in [0.15, 0.2) is 0 Å². The van der Waals surface area contributed by atoms with Crippen LogP contribution in [0.2, 0.25) is 0 Å². The molecule has 3 N–H and O–H groups in total. The SMILES string of the molecule is CCc1ccc(C(Cc2ccc(Br)cc2F)NN)o1. The average Bonchev–Trinajstić information content (AvgIpc) is 2.86. The van der Waals surface area contributed by atoms with Crippen LogP contribution in [0.25, 0.3) is 0 Å². The Morgan fingerprint density at radius 2 is 2.16 bits per heavy atom. The summed E-state index contributed by atoms with van der Waals surface area (Å²) in [5, 5.41) is 0. The molecule has 3 nitrogen and oxygen atoms in total. The Kier molecular flexibility index (Phi) is 4.74. The number of halogens is 2. The first-order valence-electron chi connectivity index (χ1n) is 6.12. The average molecular weight is 327 g/mol. The van der Waals surface area contributed by atoms with Gasteiger partial charge in [-0.15, -0.1) is 0 Å². The van der Waals surface area contributed by atoms with Crippen LogP contribution >= 0.6 is 15.9 Å². The third kappa shape index (κ3) is 3.43. The standard InChI is InChI=1S/C14H16BrFN2O/c1-2-11-5-6-14(19-11)13(18-17)7-9-3-4-10(15)8-12(9)16/h3-6,8,13,18H,2,7,17H2,1H3. The Morgan fingerprint density at radius 3 is 2.74 bits per heavy atom. The molecule has 102 valence electrons. The maximum Gasteiger partial charge on any atom is 0.127 e. The van der Waals surface area contributed by atoms with E-state index in [2.05, 4.69) is 21.4 Å². The number of aryl methyl sites for hydroxylation is 1. The molecule has 1 aromatic carbocycles. The number of benzene rings is 1. The fraction of sp³-hybridized carbons (Fsp3) is 0.286. The highest BCUT2D eigenvalue weighted by Crippen LogP contribution is 2.23. The van der Waals surface area contributed by atoms with Gasteiger partial charge in [0.1, 0.15) is 17.3 Å². The minimum Gasteiger partial charge on any atom is -0.464 e. The zero-order valence-corrected chi connectivity index (χ0v) is 12.2. The Morgan fingerprint density at radius 1 is 1.37 bits per heavy atom. The maximum atomic E-state index is 13.8. The van der Waals surface area contributed by atoms with E-state index >= 15 is 0 Å². The Labute approximate surface area is 120 Å². The first-order valence-corrected chi connectivity index (χ1v) is 6.92. The minimum atomic E-state index is -0.253. The van der Waals surface area contributed by atoms with Crippen LogP contribution in [0.4, 0.5) is 4.39 Å². The number of furan rings is 1. The highest BCUT2D eigenvalue weighted by molar-refractivity contribution is 9.10. The van der Waals surface area contributed by atoms with Gasteiger partial charge in [-0.1, -0.05) is 28.9 Å². The summed E-state index contributed by atoms with van der Waals surface area (Å²) in [6, 6.07) is 8.55. The van der Waals surface area contributed by atoms with Crippen LogP contribution in [0.15, 0.2) is 39.2 Å². The third-order valence-corrected chi connectivity index (χ3v) is 3.51. The van der Waals surface area contributed by atoms with Crippen LogP contribution in [0, 0.1) is 5.82 Å². The van der Waals surface area contributed by atoms with E-state index in [1.807, 2.05) is 25.1 Å². The van der Waals surface area contributed by atoms with Gasteiger partial charge in [-0.3, -0.25) is 5.84 Å². The van der Waals surface area contributed by atoms with Crippen molar-refractivity contribution in [3.63, 3.8) is 0 Å². The van der Waals surface area contributed by atoms with Crippen LogP contribution in [0.5, 0.6) is 0 Å². The number of nitrogens with one attached hydrogen (secondary N) is 1. The molecule has 0 saturated carbocycles. The monoisotopic (exact) mass is 326 g/mol. The Hall–Kier alpha value is -1.17. The van der Waals surface area contributed by atoms with Crippen molar-refractivity contribution in [1.82, 2.24) is 5.43 Å². The molecule has 0 aliphatic carbocycles. The second-order valence-corrected chi connectivity index (χ2v) is 5.23. The molecule has 1 aromatic heterocycles. The van der Waals surface area contributed by atoms with Gasteiger partial charge in [-0.2, -0.15) is 0 Å². The number of hydrogen-bond donors (Lipinski definition) is 2. The molecule has 0 aliphatic rings. The van der Waals surface area contributed by atoms with Gasteiger partial charge in [0.25, 0.3) is 0 Å². The molecule has 0 aliphatic heterocycles. The number of rotatable bonds is 5. The lowest BCUT2D eigenvalue weighted by Crippen LogP contribution is -2.29. The molecule has 1 unspecified atom stereocenters. The van der Waals surface area contributed by atoms with Crippen molar-refractivity contribution in [3.05, 3.63) is 57.7 Å². The summed E-state index contributed by atoms with van der Waals surface area (Å²) >= 11 is 3.24. The first kappa shape index (κ1) is 14.2. The summed E-state index contributed by atoms with van der Waals surface area (Å²) in [5.41, 5.74) is 3.27. The predicted molar refractivity (Wildman–Crippen MR) is 76.0 cm³/mol. The highest BCUT2D eigenvalue weighted by atomic mass is 79.9. The summed E-state index contributed by atoms with van der Waals surface area (Å²) in [4.78, 5) is 0. The number of hydrogen-bond acceptors (Lipinski definition) is 3. The van der Waals surface area contributed by atoms with E-state index in [4.69, 9.17) is 10.3 Å². The minimum absolute atomic E-state index is 0.240. The zero-order valence-electron chi connectivity index (χ0n) is 10.6. The smallest absolute Gasteiger partial charge is 0.127 e. The molecule has 0 amide bonds. The van der Waals surface area contributed by atoms with Gasteiger partial charge >= 0.3 is 0 Å². The maximum absolute atomic E-state index is 13.8. The topological polar surface area (TPSA) is 51.2 Å². The lowest BCUT2D eigenvalue weighted by molar-refractivity contribution is 0.393. The van der Waals surface area contributed by atoms with E-state index in [9.17, 15) is 4.39 Å². The summed E-state index contributed by atoms with van der Waals surface area (Å²) in [6.07, 6.45) is 1.26. The molecule has 1 heterocycles. The van der Waals surface area contributed by atoms with Crippen molar-refractivity contribution in [2.45, 2.75) is 25.8 Å². The lowest BCUT2D eigenvalue weighted by Gasteiger charge is -2.14. The first-order chi connectivity index (χ1) is 9.13. The van der Waals surface area contributed by atoms with Gasteiger partial charge < -0.3 is 4.42 Å². The molecule has 5 heteroatoms. The molecule has 2 aromatic rings. The van der Waals surface area contributed by atoms with Crippen LogP contribution in [-0.2, 0) is 12.8 Å². The second-order valence-electron chi connectivity index (χ2n) is 4.32. The molecule has 0 saturated heterocycles. The van der Waals surface area contributed by atoms with Crippen molar-refractivity contribution >= 4 is 15.9 Å². The fourth-order valence-electron chi connectivity index (χ4n) is 1.92. The van der Waals surface area contributed by atoms with Gasteiger partial charge in [0.05, 0.1) is 6.04 Å². The molecule has 0 fully saturated rings. The molecular formula is C14H16BrFN2O. The molecular weight excluding hydrogens is 311 g/mol. The van der Waals surface area contributed by atoms with Gasteiger partial charge in [0.2, 0.25) is 0 Å². The molecule has 2 rings (SSSR count). The number of hydrazine groups is 1. The predicted octanol–water partition coefficient (Wildman–Crippen LogP) is 3.49. The van der Waals surface area contributed by atoms with E-state index < -0.39 is 0 Å². The Bertz CT molecular complexity index is 556. The summed E-state index contributed by atoms with van der Waals surface area (Å²) in [7, 11) is 0. The van der Waals surface area contributed by atoms with E-state index in [1.165, 1.54) is 6.07 Å². The Balaban J connectivity index is 2.18. The molecule has 1 atom stereocenters. The lowest BCUT2D eigenvalue weighted by atomic mass is 10.0. The van der Waals surface area contributed by atoms with Crippen LogP contribution < -0.4 is 11.3 Å². The normalized spacial score (nSPS) is 12.6. The molecule has 0 radical (unpaired) electrons. The largest absolute Gasteiger partial charge is 0.464 e. The van der Waals surface area contributed by atoms with E-state index in [1.54, 1.807) is 6.07 Å². The third-order valence-electron chi connectivity index (χ3n) is 3.01. The second kappa shape index (κ2) is 6.32. The van der Waals surface area contributed by atoms with Crippen molar-refractivity contribution in [2.24, 2.45) is 5.84 Å². The van der Waals surface area contributed by atoms with Crippen LogP contribution in [0.3, 0.4) is 0 Å². The molecule has 19 heavy (non-hydrogen) atoms. The fourth-order valence-corrected chi connectivity index (χ4v) is 2.25. The summed E-state index contributed by atoms with van der Waals surface area (Å²) in [5.74, 6) is 6.91. The molecule has 0 spiro atoms. The van der Waals surface area contributed by atoms with Crippen molar-refractivity contribution in [2.75, 3.05) is 0 Å². The summed E-state index contributed by atoms with van der Waals surface area (Å²) in [6.45, 7) is 2.02. The summed E-state index contributed by atoms with van der Waals surface area (Å²) < 4.78 is 20.2. The van der Waals surface area contributed by atoms with Crippen molar-refractivity contribution < 1.29 is 8.81 Å². The zero-order chi connectivity index (χ0) is 13.8. The van der Waals surface area contributed by atoms with E-state index in [-0.39, 0.29) is 11.9 Å². The van der Waals surface area contributed by atoms with Crippen molar-refractivity contribution in [1.29, 1.82) is 0 Å². The van der Waals surface area contributed by atoms with Crippen molar-refractivity contribution in [3.8, 4) is 0 Å². The van der Waals surface area contributed by atoms with Crippen LogP contribution in [-0.4, -0.2) is 0 Å². The molecule has 0 bridgehead atoms. The van der Waals surface area contributed by atoms with E-state index in [0.717, 1.165) is 22.4 Å². The van der Waals surface area contributed by atoms with E-state index in [0.29, 0.717) is 12.0 Å². The van der Waals surface area contributed by atoms with Crippen LogP contribution in [0.1, 0.15) is 30.0 Å². The van der Waals surface area contributed by atoms with Gasteiger partial charge in [-0.25, -0.2) is 9.82 Å². The highest BCUT2D eigenvalue weighted by Gasteiger charge is 2.16.